The highest BCUT2D eigenvalue weighted by Gasteiger charge is 2.09. The van der Waals surface area contributed by atoms with Gasteiger partial charge >= 0.3 is 0 Å². The fourth-order valence-electron chi connectivity index (χ4n) is 1.65. The molecular formula is C14H12Cl2FNO. The molecule has 0 bridgehead atoms. The summed E-state index contributed by atoms with van der Waals surface area (Å²) in [5.74, 6) is 0.603. The van der Waals surface area contributed by atoms with Gasteiger partial charge in [0.15, 0.2) is 0 Å². The lowest BCUT2D eigenvalue weighted by molar-refractivity contribution is 0.472. The zero-order valence-corrected chi connectivity index (χ0v) is 11.7. The average molecular weight is 300 g/mol. The summed E-state index contributed by atoms with van der Waals surface area (Å²) in [6.45, 7) is 0.573. The van der Waals surface area contributed by atoms with Gasteiger partial charge in [-0.3, -0.25) is 0 Å². The first-order valence-electron chi connectivity index (χ1n) is 5.66. The minimum absolute atomic E-state index is 0.0229. The van der Waals surface area contributed by atoms with E-state index < -0.39 is 5.82 Å². The van der Waals surface area contributed by atoms with Crippen molar-refractivity contribution >= 4 is 23.2 Å². The third-order valence-electron chi connectivity index (χ3n) is 2.55. The molecule has 2 aromatic carbocycles. The number of ether oxygens (including phenoxy) is 1. The van der Waals surface area contributed by atoms with Gasteiger partial charge in [0.1, 0.15) is 17.3 Å². The van der Waals surface area contributed by atoms with Crippen LogP contribution in [-0.4, -0.2) is 7.05 Å². The quantitative estimate of drug-likeness (QED) is 0.888. The predicted octanol–water partition coefficient (Wildman–Crippen LogP) is 4.64. The van der Waals surface area contributed by atoms with Gasteiger partial charge in [-0.1, -0.05) is 29.3 Å². The molecule has 0 fully saturated rings. The van der Waals surface area contributed by atoms with Crippen LogP contribution in [0.15, 0.2) is 36.4 Å². The Balaban J connectivity index is 2.32. The lowest BCUT2D eigenvalue weighted by Crippen LogP contribution is -2.07. The van der Waals surface area contributed by atoms with Crippen molar-refractivity contribution in [2.45, 2.75) is 6.54 Å². The average Bonchev–Trinajstić information content (AvgIpc) is 2.38. The van der Waals surface area contributed by atoms with Crippen LogP contribution in [0.3, 0.4) is 0 Å². The molecule has 0 aliphatic rings. The topological polar surface area (TPSA) is 21.3 Å². The standard InChI is InChI=1S/C14H12Cl2FNO/c1-18-8-10-11(15)3-2-4-14(10)19-9-5-6-13(17)12(16)7-9/h2-7,18H,8H2,1H3. The van der Waals surface area contributed by atoms with Crippen LogP contribution in [0.25, 0.3) is 0 Å². The molecule has 2 aromatic rings. The molecule has 100 valence electrons. The van der Waals surface area contributed by atoms with Gasteiger partial charge in [0.05, 0.1) is 5.02 Å². The Morgan fingerprint density at radius 3 is 2.63 bits per heavy atom. The van der Waals surface area contributed by atoms with Crippen LogP contribution in [0, 0.1) is 5.82 Å². The number of hydrogen-bond acceptors (Lipinski definition) is 2. The van der Waals surface area contributed by atoms with E-state index in [0.717, 1.165) is 5.56 Å². The second-order valence-corrected chi connectivity index (χ2v) is 4.74. The molecule has 0 atom stereocenters. The molecule has 5 heteroatoms. The van der Waals surface area contributed by atoms with E-state index in [1.165, 1.54) is 18.2 Å². The summed E-state index contributed by atoms with van der Waals surface area (Å²) in [6.07, 6.45) is 0. The highest BCUT2D eigenvalue weighted by Crippen LogP contribution is 2.31. The summed E-state index contributed by atoms with van der Waals surface area (Å²) >= 11 is 11.8. The van der Waals surface area contributed by atoms with Crippen LogP contribution in [0.5, 0.6) is 11.5 Å². The molecule has 1 N–H and O–H groups in total. The summed E-state index contributed by atoms with van der Waals surface area (Å²) in [6, 6.07) is 9.60. The lowest BCUT2D eigenvalue weighted by Gasteiger charge is -2.12. The molecule has 2 nitrogen and oxygen atoms in total. The fraction of sp³-hybridized carbons (Fsp3) is 0.143. The van der Waals surface area contributed by atoms with Crippen molar-refractivity contribution in [1.82, 2.24) is 5.32 Å². The van der Waals surface area contributed by atoms with Crippen molar-refractivity contribution in [1.29, 1.82) is 0 Å². The number of hydrogen-bond donors (Lipinski definition) is 1. The molecule has 0 heterocycles. The van der Waals surface area contributed by atoms with Crippen LogP contribution in [0.4, 0.5) is 4.39 Å². The van der Waals surface area contributed by atoms with E-state index in [1.54, 1.807) is 18.2 Å². The van der Waals surface area contributed by atoms with Crippen molar-refractivity contribution in [3.63, 3.8) is 0 Å². The van der Waals surface area contributed by atoms with E-state index in [2.05, 4.69) is 5.32 Å². The third kappa shape index (κ3) is 3.38. The molecule has 0 saturated carbocycles. The summed E-state index contributed by atoms with van der Waals surface area (Å²) in [4.78, 5) is 0. The molecule has 0 aromatic heterocycles. The molecule has 2 rings (SSSR count). The van der Waals surface area contributed by atoms with Gasteiger partial charge in [-0.25, -0.2) is 4.39 Å². The maximum absolute atomic E-state index is 13.1. The Labute approximate surface area is 121 Å². The first-order chi connectivity index (χ1) is 9.11. The molecule has 0 aliphatic carbocycles. The molecule has 0 aliphatic heterocycles. The summed E-state index contributed by atoms with van der Waals surface area (Å²) in [5.41, 5.74) is 0.840. The van der Waals surface area contributed by atoms with Crippen molar-refractivity contribution in [2.75, 3.05) is 7.05 Å². The minimum Gasteiger partial charge on any atom is -0.457 e. The van der Waals surface area contributed by atoms with Crippen molar-refractivity contribution in [2.24, 2.45) is 0 Å². The molecular weight excluding hydrogens is 288 g/mol. The van der Waals surface area contributed by atoms with Crippen LogP contribution >= 0.6 is 23.2 Å². The number of halogens is 3. The third-order valence-corrected chi connectivity index (χ3v) is 3.19. The SMILES string of the molecule is CNCc1c(Cl)cccc1Oc1ccc(F)c(Cl)c1. The van der Waals surface area contributed by atoms with Gasteiger partial charge in [-0.05, 0) is 31.3 Å². The maximum Gasteiger partial charge on any atom is 0.142 e. The van der Waals surface area contributed by atoms with E-state index in [0.29, 0.717) is 23.1 Å². The Morgan fingerprint density at radius 1 is 1.16 bits per heavy atom. The Morgan fingerprint density at radius 2 is 1.95 bits per heavy atom. The Bertz CT molecular complexity index is 590. The second-order valence-electron chi connectivity index (χ2n) is 3.92. The van der Waals surface area contributed by atoms with Gasteiger partial charge in [-0.15, -0.1) is 0 Å². The van der Waals surface area contributed by atoms with Gasteiger partial charge in [-0.2, -0.15) is 0 Å². The van der Waals surface area contributed by atoms with Crippen LogP contribution < -0.4 is 10.1 Å². The highest BCUT2D eigenvalue weighted by molar-refractivity contribution is 6.31. The maximum atomic E-state index is 13.1. The first kappa shape index (κ1) is 14.1. The van der Waals surface area contributed by atoms with Crippen LogP contribution in [-0.2, 0) is 6.54 Å². The van der Waals surface area contributed by atoms with Crippen molar-refractivity contribution < 1.29 is 9.13 Å². The van der Waals surface area contributed by atoms with Crippen molar-refractivity contribution in [3.05, 3.63) is 57.8 Å². The summed E-state index contributed by atoms with van der Waals surface area (Å²) in [5, 5.41) is 3.66. The van der Waals surface area contributed by atoms with E-state index in [4.69, 9.17) is 27.9 Å². The Hall–Kier alpha value is -1.29. The molecule has 0 radical (unpaired) electrons. The molecule has 0 saturated heterocycles. The van der Waals surface area contributed by atoms with Gasteiger partial charge in [0.2, 0.25) is 0 Å². The zero-order valence-electron chi connectivity index (χ0n) is 10.2. The lowest BCUT2D eigenvalue weighted by atomic mass is 10.2. The second kappa shape index (κ2) is 6.24. The number of benzene rings is 2. The van der Waals surface area contributed by atoms with Crippen LogP contribution in [0.2, 0.25) is 10.0 Å². The van der Waals surface area contributed by atoms with Gasteiger partial charge < -0.3 is 10.1 Å². The number of nitrogens with one attached hydrogen (secondary N) is 1. The van der Waals surface area contributed by atoms with E-state index in [-0.39, 0.29) is 5.02 Å². The zero-order chi connectivity index (χ0) is 13.8. The molecule has 0 spiro atoms. The minimum atomic E-state index is -0.476. The van der Waals surface area contributed by atoms with Gasteiger partial charge in [0.25, 0.3) is 0 Å². The van der Waals surface area contributed by atoms with Gasteiger partial charge in [0, 0.05) is 23.2 Å². The Kier molecular flexibility index (Phi) is 4.64. The molecule has 19 heavy (non-hydrogen) atoms. The highest BCUT2D eigenvalue weighted by atomic mass is 35.5. The van der Waals surface area contributed by atoms with E-state index >= 15 is 0 Å². The predicted molar refractivity (Wildman–Crippen MR) is 75.7 cm³/mol. The smallest absolute Gasteiger partial charge is 0.142 e. The molecule has 0 unspecified atom stereocenters. The van der Waals surface area contributed by atoms with E-state index in [9.17, 15) is 4.39 Å². The first-order valence-corrected chi connectivity index (χ1v) is 6.42. The number of rotatable bonds is 4. The summed E-state index contributed by atoms with van der Waals surface area (Å²) in [7, 11) is 1.82. The largest absolute Gasteiger partial charge is 0.457 e. The van der Waals surface area contributed by atoms with E-state index in [1.807, 2.05) is 7.05 Å². The monoisotopic (exact) mass is 299 g/mol. The van der Waals surface area contributed by atoms with Crippen LogP contribution in [0.1, 0.15) is 5.56 Å². The summed E-state index contributed by atoms with van der Waals surface area (Å²) < 4.78 is 18.8. The van der Waals surface area contributed by atoms with Crippen molar-refractivity contribution in [3.8, 4) is 11.5 Å². The normalized spacial score (nSPS) is 10.5. The fourth-order valence-corrected chi connectivity index (χ4v) is 2.05. The molecule has 0 amide bonds.